The molecule has 1 aromatic heterocycles. The molecular weight excluding hydrogens is 266 g/mol. The Hall–Kier alpha value is -1.61. The molecule has 1 heterocycles. The molecule has 0 N–H and O–H groups in total. The molecule has 1 aromatic carbocycles. The van der Waals surface area contributed by atoms with Crippen molar-refractivity contribution in [3.63, 3.8) is 0 Å². The van der Waals surface area contributed by atoms with Gasteiger partial charge in [0.05, 0.1) is 5.56 Å². The van der Waals surface area contributed by atoms with Gasteiger partial charge >= 0.3 is 0 Å². The maximum Gasteiger partial charge on any atom is 0.255 e. The van der Waals surface area contributed by atoms with E-state index in [-0.39, 0.29) is 11.4 Å². The van der Waals surface area contributed by atoms with Crippen LogP contribution in [0.15, 0.2) is 41.8 Å². The number of hydrogen-bond acceptors (Lipinski definition) is 2. The third-order valence-corrected chi connectivity index (χ3v) is 4.17. The number of thiophene rings is 1. The molecule has 0 aliphatic heterocycles. The highest BCUT2D eigenvalue weighted by Crippen LogP contribution is 2.24. The van der Waals surface area contributed by atoms with Crippen molar-refractivity contribution in [2.75, 3.05) is 0 Å². The Balaban J connectivity index is 2.30. The Bertz CT molecular complexity index is 581. The summed E-state index contributed by atoms with van der Waals surface area (Å²) >= 11 is 1.62. The van der Waals surface area contributed by atoms with Crippen molar-refractivity contribution in [2.45, 2.75) is 39.8 Å². The third kappa shape index (κ3) is 3.28. The van der Waals surface area contributed by atoms with E-state index in [2.05, 4.69) is 32.9 Å². The van der Waals surface area contributed by atoms with E-state index in [0.29, 0.717) is 6.54 Å². The number of carbonyl (C=O) groups is 1. The predicted octanol–water partition coefficient (Wildman–Crippen LogP) is 4.50. The van der Waals surface area contributed by atoms with Gasteiger partial charge in [0.2, 0.25) is 0 Å². The molecule has 20 heavy (non-hydrogen) atoms. The fraction of sp³-hybridized carbons (Fsp3) is 0.353. The molecular formula is C17H21NOS. The zero-order valence-electron chi connectivity index (χ0n) is 12.5. The van der Waals surface area contributed by atoms with Gasteiger partial charge in [-0.15, -0.1) is 11.3 Å². The van der Waals surface area contributed by atoms with E-state index < -0.39 is 0 Å². The molecule has 0 fully saturated rings. The highest BCUT2D eigenvalue weighted by atomic mass is 32.1. The lowest BCUT2D eigenvalue weighted by atomic mass is 10.0. The monoisotopic (exact) mass is 287 g/mol. The lowest BCUT2D eigenvalue weighted by molar-refractivity contribution is 0.0559. The third-order valence-electron chi connectivity index (χ3n) is 3.33. The lowest BCUT2D eigenvalue weighted by Gasteiger charge is -2.36. The molecule has 0 radical (unpaired) electrons. The van der Waals surface area contributed by atoms with E-state index in [1.165, 1.54) is 0 Å². The van der Waals surface area contributed by atoms with Crippen molar-refractivity contribution >= 4 is 17.2 Å². The minimum atomic E-state index is -0.207. The molecule has 0 saturated carbocycles. The first-order valence-electron chi connectivity index (χ1n) is 6.79. The van der Waals surface area contributed by atoms with E-state index in [9.17, 15) is 4.79 Å². The van der Waals surface area contributed by atoms with E-state index in [0.717, 1.165) is 16.0 Å². The summed E-state index contributed by atoms with van der Waals surface area (Å²) in [6, 6.07) is 12.1. The highest BCUT2D eigenvalue weighted by Gasteiger charge is 2.28. The molecule has 1 amide bonds. The van der Waals surface area contributed by atoms with Gasteiger partial charge < -0.3 is 4.90 Å². The summed E-state index contributed by atoms with van der Waals surface area (Å²) in [6.07, 6.45) is 0. The Morgan fingerprint density at radius 1 is 1.15 bits per heavy atom. The SMILES string of the molecule is Cc1sccc1C(=O)N(Cc1ccccc1)C(C)(C)C. The molecule has 0 aliphatic carbocycles. The summed E-state index contributed by atoms with van der Waals surface area (Å²) in [4.78, 5) is 15.8. The molecule has 0 saturated heterocycles. The lowest BCUT2D eigenvalue weighted by Crippen LogP contribution is -2.45. The second-order valence-electron chi connectivity index (χ2n) is 5.94. The van der Waals surface area contributed by atoms with Crippen molar-refractivity contribution in [2.24, 2.45) is 0 Å². The largest absolute Gasteiger partial charge is 0.329 e. The van der Waals surface area contributed by atoms with Gasteiger partial charge in [0.15, 0.2) is 0 Å². The molecule has 3 heteroatoms. The van der Waals surface area contributed by atoms with E-state index in [1.54, 1.807) is 11.3 Å². The normalized spacial score (nSPS) is 11.4. The summed E-state index contributed by atoms with van der Waals surface area (Å²) in [5, 5.41) is 1.98. The van der Waals surface area contributed by atoms with E-state index in [4.69, 9.17) is 0 Å². The molecule has 2 nitrogen and oxygen atoms in total. The van der Waals surface area contributed by atoms with Gasteiger partial charge in [0.25, 0.3) is 5.91 Å². The zero-order valence-corrected chi connectivity index (χ0v) is 13.3. The Morgan fingerprint density at radius 2 is 1.80 bits per heavy atom. The Kier molecular flexibility index (Phi) is 4.29. The Labute approximate surface area is 125 Å². The number of nitrogens with zero attached hydrogens (tertiary/aromatic N) is 1. The first-order chi connectivity index (χ1) is 9.39. The van der Waals surface area contributed by atoms with E-state index in [1.807, 2.05) is 41.5 Å². The number of hydrogen-bond donors (Lipinski definition) is 0. The smallest absolute Gasteiger partial charge is 0.255 e. The van der Waals surface area contributed by atoms with Crippen LogP contribution in [0.4, 0.5) is 0 Å². The molecule has 0 unspecified atom stereocenters. The van der Waals surface area contributed by atoms with Gasteiger partial charge in [0, 0.05) is 17.0 Å². The minimum Gasteiger partial charge on any atom is -0.329 e. The summed E-state index contributed by atoms with van der Waals surface area (Å²) in [5.41, 5.74) is 1.77. The molecule has 0 spiro atoms. The topological polar surface area (TPSA) is 20.3 Å². The van der Waals surface area contributed by atoms with Gasteiger partial charge in [0.1, 0.15) is 0 Å². The molecule has 2 aromatic rings. The van der Waals surface area contributed by atoms with Crippen molar-refractivity contribution in [3.8, 4) is 0 Å². The van der Waals surface area contributed by atoms with Crippen molar-refractivity contribution < 1.29 is 4.79 Å². The number of aryl methyl sites for hydroxylation is 1. The minimum absolute atomic E-state index is 0.111. The van der Waals surface area contributed by atoms with Crippen LogP contribution in [0, 0.1) is 6.92 Å². The average Bonchev–Trinajstić information content (AvgIpc) is 2.81. The van der Waals surface area contributed by atoms with Gasteiger partial charge in [-0.05, 0) is 44.7 Å². The second kappa shape index (κ2) is 5.80. The van der Waals surface area contributed by atoms with Crippen LogP contribution in [-0.2, 0) is 6.54 Å². The van der Waals surface area contributed by atoms with Crippen molar-refractivity contribution in [1.82, 2.24) is 4.90 Å². The van der Waals surface area contributed by atoms with Gasteiger partial charge in [-0.2, -0.15) is 0 Å². The maximum atomic E-state index is 12.8. The van der Waals surface area contributed by atoms with Crippen LogP contribution in [-0.4, -0.2) is 16.3 Å². The number of carbonyl (C=O) groups excluding carboxylic acids is 1. The predicted molar refractivity (Wildman–Crippen MR) is 85.1 cm³/mol. The summed E-state index contributed by atoms with van der Waals surface area (Å²) in [7, 11) is 0. The number of rotatable bonds is 3. The fourth-order valence-electron chi connectivity index (χ4n) is 2.13. The molecule has 0 aliphatic rings. The van der Waals surface area contributed by atoms with Crippen LogP contribution >= 0.6 is 11.3 Å². The zero-order chi connectivity index (χ0) is 14.8. The van der Waals surface area contributed by atoms with Crippen LogP contribution in [0.25, 0.3) is 0 Å². The summed E-state index contributed by atoms with van der Waals surface area (Å²) in [5.74, 6) is 0.111. The second-order valence-corrected chi connectivity index (χ2v) is 7.06. The van der Waals surface area contributed by atoms with E-state index >= 15 is 0 Å². The number of amides is 1. The van der Waals surface area contributed by atoms with Crippen LogP contribution in [0.5, 0.6) is 0 Å². The Morgan fingerprint density at radius 3 is 2.30 bits per heavy atom. The molecule has 2 rings (SSSR count). The number of benzene rings is 1. The fourth-order valence-corrected chi connectivity index (χ4v) is 2.82. The molecule has 106 valence electrons. The van der Waals surface area contributed by atoms with Crippen LogP contribution < -0.4 is 0 Å². The molecule has 0 atom stereocenters. The van der Waals surface area contributed by atoms with Crippen LogP contribution in [0.1, 0.15) is 41.6 Å². The maximum absolute atomic E-state index is 12.8. The van der Waals surface area contributed by atoms with Crippen molar-refractivity contribution in [1.29, 1.82) is 0 Å². The summed E-state index contributed by atoms with van der Waals surface area (Å²) in [6.45, 7) is 8.88. The summed E-state index contributed by atoms with van der Waals surface area (Å²) < 4.78 is 0. The van der Waals surface area contributed by atoms with Gasteiger partial charge in [-0.25, -0.2) is 0 Å². The first-order valence-corrected chi connectivity index (χ1v) is 7.67. The highest BCUT2D eigenvalue weighted by molar-refractivity contribution is 7.10. The quantitative estimate of drug-likeness (QED) is 0.814. The van der Waals surface area contributed by atoms with Gasteiger partial charge in [-0.1, -0.05) is 30.3 Å². The first kappa shape index (κ1) is 14.8. The van der Waals surface area contributed by atoms with Crippen LogP contribution in [0.2, 0.25) is 0 Å². The van der Waals surface area contributed by atoms with Crippen molar-refractivity contribution in [3.05, 3.63) is 57.8 Å². The van der Waals surface area contributed by atoms with Crippen LogP contribution in [0.3, 0.4) is 0 Å². The standard InChI is InChI=1S/C17H21NOS/c1-13-15(10-11-20-13)16(19)18(17(2,3)4)12-14-8-6-5-7-9-14/h5-11H,12H2,1-4H3. The van der Waals surface area contributed by atoms with Gasteiger partial charge in [-0.3, -0.25) is 4.79 Å². The average molecular weight is 287 g/mol. The molecule has 0 bridgehead atoms.